The lowest BCUT2D eigenvalue weighted by Crippen LogP contribution is -2.10. The molecule has 3 rings (SSSR count). The quantitative estimate of drug-likeness (QED) is 0.536. The SMILES string of the molecule is CN(C#N)Cc1nnc(-c2cccnc2Nc2ccc(C(F)(F)F)cc2)o1. The van der Waals surface area contributed by atoms with Gasteiger partial charge >= 0.3 is 6.18 Å². The average Bonchev–Trinajstić information content (AvgIpc) is 3.10. The van der Waals surface area contributed by atoms with Crippen LogP contribution >= 0.6 is 0 Å². The summed E-state index contributed by atoms with van der Waals surface area (Å²) in [6.45, 7) is 0.158. The van der Waals surface area contributed by atoms with Gasteiger partial charge in [-0.25, -0.2) is 4.98 Å². The number of halogens is 3. The van der Waals surface area contributed by atoms with E-state index in [1.54, 1.807) is 19.2 Å². The van der Waals surface area contributed by atoms with Gasteiger partial charge in [0.05, 0.1) is 11.1 Å². The summed E-state index contributed by atoms with van der Waals surface area (Å²) >= 11 is 0. The zero-order chi connectivity index (χ0) is 19.4. The smallest absolute Gasteiger partial charge is 0.416 e. The van der Waals surface area contributed by atoms with Crippen molar-refractivity contribution in [3.63, 3.8) is 0 Å². The number of pyridine rings is 1. The largest absolute Gasteiger partial charge is 0.419 e. The second kappa shape index (κ2) is 7.33. The van der Waals surface area contributed by atoms with E-state index in [4.69, 9.17) is 9.68 Å². The van der Waals surface area contributed by atoms with Gasteiger partial charge in [0.2, 0.25) is 5.89 Å². The molecule has 0 unspecified atom stereocenters. The van der Waals surface area contributed by atoms with Crippen LogP contribution in [0.2, 0.25) is 0 Å². The topological polar surface area (TPSA) is 90.9 Å². The highest BCUT2D eigenvalue weighted by Gasteiger charge is 2.30. The minimum atomic E-state index is -4.40. The lowest BCUT2D eigenvalue weighted by Gasteiger charge is -2.10. The Bertz CT molecular complexity index is 962. The fourth-order valence-corrected chi connectivity index (χ4v) is 2.22. The van der Waals surface area contributed by atoms with E-state index in [-0.39, 0.29) is 18.3 Å². The Labute approximate surface area is 152 Å². The maximum atomic E-state index is 12.7. The summed E-state index contributed by atoms with van der Waals surface area (Å²) < 4.78 is 43.5. The number of nitriles is 1. The van der Waals surface area contributed by atoms with Crippen LogP contribution in [0.1, 0.15) is 11.5 Å². The first-order valence-electron chi connectivity index (χ1n) is 7.70. The van der Waals surface area contributed by atoms with Gasteiger partial charge in [0, 0.05) is 18.9 Å². The van der Waals surface area contributed by atoms with E-state index in [0.717, 1.165) is 12.1 Å². The van der Waals surface area contributed by atoms with Gasteiger partial charge in [-0.2, -0.15) is 18.4 Å². The predicted octanol–water partition coefficient (Wildman–Crippen LogP) is 3.81. The molecule has 1 N–H and O–H groups in total. The van der Waals surface area contributed by atoms with Gasteiger partial charge < -0.3 is 14.6 Å². The second-order valence-corrected chi connectivity index (χ2v) is 5.56. The van der Waals surface area contributed by atoms with E-state index < -0.39 is 11.7 Å². The fraction of sp³-hybridized carbons (Fsp3) is 0.176. The summed E-state index contributed by atoms with van der Waals surface area (Å²) in [7, 11) is 1.57. The van der Waals surface area contributed by atoms with Crippen molar-refractivity contribution in [2.75, 3.05) is 12.4 Å². The van der Waals surface area contributed by atoms with E-state index >= 15 is 0 Å². The molecule has 0 atom stereocenters. The molecule has 2 aromatic heterocycles. The summed E-state index contributed by atoms with van der Waals surface area (Å²) in [4.78, 5) is 5.51. The Hall–Kier alpha value is -3.61. The van der Waals surface area contributed by atoms with Crippen LogP contribution in [-0.2, 0) is 12.7 Å². The van der Waals surface area contributed by atoms with E-state index in [0.29, 0.717) is 17.1 Å². The first-order valence-corrected chi connectivity index (χ1v) is 7.70. The van der Waals surface area contributed by atoms with E-state index in [1.165, 1.54) is 23.2 Å². The lowest BCUT2D eigenvalue weighted by atomic mass is 10.2. The number of aromatic nitrogens is 3. The minimum absolute atomic E-state index is 0.158. The molecule has 0 aliphatic heterocycles. The molecule has 0 fully saturated rings. The number of nitrogens with one attached hydrogen (secondary N) is 1. The molecule has 3 aromatic rings. The molecule has 7 nitrogen and oxygen atoms in total. The number of rotatable bonds is 5. The maximum absolute atomic E-state index is 12.7. The van der Waals surface area contributed by atoms with Crippen LogP contribution in [0, 0.1) is 11.5 Å². The van der Waals surface area contributed by atoms with Crippen LogP contribution in [0.25, 0.3) is 11.5 Å². The monoisotopic (exact) mass is 374 g/mol. The van der Waals surface area contributed by atoms with Crippen LogP contribution in [-0.4, -0.2) is 27.1 Å². The van der Waals surface area contributed by atoms with Gasteiger partial charge in [0.15, 0.2) is 6.19 Å². The molecule has 2 heterocycles. The van der Waals surface area contributed by atoms with Crippen LogP contribution in [0.15, 0.2) is 47.0 Å². The number of alkyl halides is 3. The summed E-state index contributed by atoms with van der Waals surface area (Å²) in [5.74, 6) is 0.776. The molecule has 0 spiro atoms. The van der Waals surface area contributed by atoms with Crippen molar-refractivity contribution in [2.45, 2.75) is 12.7 Å². The van der Waals surface area contributed by atoms with Crippen LogP contribution < -0.4 is 5.32 Å². The van der Waals surface area contributed by atoms with Crippen molar-refractivity contribution in [1.29, 1.82) is 5.26 Å². The number of benzene rings is 1. The van der Waals surface area contributed by atoms with Gasteiger partial charge in [-0.05, 0) is 36.4 Å². The summed E-state index contributed by atoms with van der Waals surface area (Å²) in [6, 6.07) is 7.93. The highest BCUT2D eigenvalue weighted by atomic mass is 19.4. The number of hydrogen-bond donors (Lipinski definition) is 1. The van der Waals surface area contributed by atoms with Crippen molar-refractivity contribution >= 4 is 11.5 Å². The zero-order valence-electron chi connectivity index (χ0n) is 14.0. The van der Waals surface area contributed by atoms with Crippen molar-refractivity contribution in [1.82, 2.24) is 20.1 Å². The first kappa shape index (κ1) is 18.2. The Morgan fingerprint density at radius 2 is 1.93 bits per heavy atom. The third kappa shape index (κ3) is 4.33. The molecule has 0 saturated carbocycles. The van der Waals surface area contributed by atoms with Crippen molar-refractivity contribution < 1.29 is 17.6 Å². The first-order chi connectivity index (χ1) is 12.9. The molecule has 0 saturated heterocycles. The third-order valence-electron chi connectivity index (χ3n) is 3.52. The molecule has 0 amide bonds. The Balaban J connectivity index is 1.84. The normalized spacial score (nSPS) is 11.1. The number of anilines is 2. The van der Waals surface area contributed by atoms with Crippen LogP contribution in [0.4, 0.5) is 24.7 Å². The predicted molar refractivity (Wildman–Crippen MR) is 89.3 cm³/mol. The van der Waals surface area contributed by atoms with Gasteiger partial charge in [-0.1, -0.05) is 0 Å². The number of nitrogens with zero attached hydrogens (tertiary/aromatic N) is 5. The van der Waals surface area contributed by atoms with E-state index in [9.17, 15) is 13.2 Å². The summed E-state index contributed by atoms with van der Waals surface area (Å²) in [5.41, 5.74) is 0.167. The van der Waals surface area contributed by atoms with Gasteiger partial charge in [-0.15, -0.1) is 10.2 Å². The molecule has 1 aromatic carbocycles. The molecule has 0 aliphatic rings. The molecule has 27 heavy (non-hydrogen) atoms. The molecule has 10 heteroatoms. The maximum Gasteiger partial charge on any atom is 0.416 e. The van der Waals surface area contributed by atoms with Crippen molar-refractivity contribution in [2.24, 2.45) is 0 Å². The highest BCUT2D eigenvalue weighted by molar-refractivity contribution is 5.73. The number of hydrogen-bond acceptors (Lipinski definition) is 7. The third-order valence-corrected chi connectivity index (χ3v) is 3.52. The Morgan fingerprint density at radius 3 is 2.59 bits per heavy atom. The molecule has 0 aliphatic carbocycles. The Kier molecular flexibility index (Phi) is 4.94. The van der Waals surface area contributed by atoms with Crippen LogP contribution in [0.3, 0.4) is 0 Å². The molecular weight excluding hydrogens is 361 g/mol. The fourth-order valence-electron chi connectivity index (χ4n) is 2.22. The van der Waals surface area contributed by atoms with Crippen LogP contribution in [0.5, 0.6) is 0 Å². The van der Waals surface area contributed by atoms with Gasteiger partial charge in [-0.3, -0.25) is 0 Å². The minimum Gasteiger partial charge on any atom is -0.419 e. The van der Waals surface area contributed by atoms with E-state index in [1.807, 2.05) is 6.19 Å². The van der Waals surface area contributed by atoms with Crippen molar-refractivity contribution in [3.8, 4) is 17.6 Å². The standard InChI is InChI=1S/C17H13F3N6O/c1-26(10-21)9-14-24-25-16(27-14)13-3-2-8-22-15(13)23-12-6-4-11(5-7-12)17(18,19)20/h2-8H,9H2,1H3,(H,22,23). The van der Waals surface area contributed by atoms with Gasteiger partial charge in [0.25, 0.3) is 5.89 Å². The van der Waals surface area contributed by atoms with Crippen molar-refractivity contribution in [3.05, 3.63) is 54.0 Å². The molecule has 0 radical (unpaired) electrons. The lowest BCUT2D eigenvalue weighted by molar-refractivity contribution is -0.137. The van der Waals surface area contributed by atoms with Gasteiger partial charge in [0.1, 0.15) is 12.4 Å². The zero-order valence-corrected chi connectivity index (χ0v) is 14.0. The summed E-state index contributed by atoms with van der Waals surface area (Å²) in [5, 5.41) is 19.6. The molecule has 138 valence electrons. The molecule has 0 bridgehead atoms. The Morgan fingerprint density at radius 1 is 1.19 bits per heavy atom. The highest BCUT2D eigenvalue weighted by Crippen LogP contribution is 2.31. The summed E-state index contributed by atoms with van der Waals surface area (Å²) in [6.07, 6.45) is -0.951. The van der Waals surface area contributed by atoms with E-state index in [2.05, 4.69) is 20.5 Å². The second-order valence-electron chi connectivity index (χ2n) is 5.56. The average molecular weight is 374 g/mol. The molecular formula is C17H13F3N6O.